The van der Waals surface area contributed by atoms with Crippen LogP contribution in [0, 0.1) is 12.8 Å². The van der Waals surface area contributed by atoms with Crippen molar-refractivity contribution in [1.82, 2.24) is 19.9 Å². The molecule has 3 aromatic rings. The van der Waals surface area contributed by atoms with E-state index in [0.717, 1.165) is 42.5 Å². The number of fused-ring (bicyclic) bond motifs is 1. The average Bonchev–Trinajstić information content (AvgIpc) is 2.73. The van der Waals surface area contributed by atoms with Crippen LogP contribution in [-0.2, 0) is 0 Å². The first-order valence-electron chi connectivity index (χ1n) is 9.25. The van der Waals surface area contributed by atoms with E-state index in [2.05, 4.69) is 15.0 Å². The molecule has 0 N–H and O–H groups in total. The van der Waals surface area contributed by atoms with E-state index in [0.29, 0.717) is 24.0 Å². The van der Waals surface area contributed by atoms with Crippen LogP contribution in [0.2, 0.25) is 0 Å². The van der Waals surface area contributed by atoms with Crippen LogP contribution in [-0.4, -0.2) is 45.5 Å². The summed E-state index contributed by atoms with van der Waals surface area (Å²) in [6, 6.07) is 9.41. The van der Waals surface area contributed by atoms with Gasteiger partial charge in [-0.1, -0.05) is 6.07 Å². The van der Waals surface area contributed by atoms with Crippen molar-refractivity contribution < 1.29 is 9.53 Å². The van der Waals surface area contributed by atoms with Crippen molar-refractivity contribution in [2.45, 2.75) is 19.8 Å². The lowest BCUT2D eigenvalue weighted by Gasteiger charge is -2.32. The molecule has 1 aromatic carbocycles. The minimum atomic E-state index is 0.0579. The van der Waals surface area contributed by atoms with E-state index >= 15 is 0 Å². The lowest BCUT2D eigenvalue weighted by atomic mass is 9.97. The van der Waals surface area contributed by atoms with Crippen LogP contribution in [0.1, 0.15) is 28.8 Å². The summed E-state index contributed by atoms with van der Waals surface area (Å²) in [7, 11) is 0. The van der Waals surface area contributed by atoms with Crippen LogP contribution in [0.25, 0.3) is 11.0 Å². The molecule has 0 spiro atoms. The van der Waals surface area contributed by atoms with Gasteiger partial charge in [0.2, 0.25) is 5.88 Å². The maximum Gasteiger partial charge on any atom is 0.253 e. The van der Waals surface area contributed by atoms with Gasteiger partial charge in [-0.15, -0.1) is 0 Å². The SMILES string of the molecule is Cc1cccnc1OCC1CCN(C(=O)c2ccc3nccnc3c2)CC1. The maximum atomic E-state index is 12.8. The third-order valence-electron chi connectivity index (χ3n) is 5.04. The summed E-state index contributed by atoms with van der Waals surface area (Å²) in [4.78, 5) is 27.5. The molecule has 6 nitrogen and oxygen atoms in total. The molecule has 4 rings (SSSR count). The predicted octanol–water partition coefficient (Wildman–Crippen LogP) is 3.26. The summed E-state index contributed by atoms with van der Waals surface area (Å²) in [6.07, 6.45) is 6.92. The summed E-state index contributed by atoms with van der Waals surface area (Å²) >= 11 is 0. The summed E-state index contributed by atoms with van der Waals surface area (Å²) in [5.41, 5.74) is 3.26. The Kier molecular flexibility index (Phi) is 4.96. The van der Waals surface area contributed by atoms with E-state index < -0.39 is 0 Å². The van der Waals surface area contributed by atoms with Crippen molar-refractivity contribution in [1.29, 1.82) is 0 Å². The van der Waals surface area contributed by atoms with Gasteiger partial charge in [0.25, 0.3) is 5.91 Å². The van der Waals surface area contributed by atoms with Gasteiger partial charge >= 0.3 is 0 Å². The third kappa shape index (κ3) is 3.89. The van der Waals surface area contributed by atoms with Gasteiger partial charge in [0.1, 0.15) is 0 Å². The number of likely N-dealkylation sites (tertiary alicyclic amines) is 1. The molecule has 0 unspecified atom stereocenters. The van der Waals surface area contributed by atoms with Gasteiger partial charge in [-0.3, -0.25) is 14.8 Å². The number of aryl methyl sites for hydroxylation is 1. The largest absolute Gasteiger partial charge is 0.477 e. The van der Waals surface area contributed by atoms with E-state index in [1.807, 2.05) is 42.2 Å². The number of nitrogens with zero attached hydrogens (tertiary/aromatic N) is 4. The van der Waals surface area contributed by atoms with Crippen molar-refractivity contribution in [2.75, 3.05) is 19.7 Å². The lowest BCUT2D eigenvalue weighted by molar-refractivity contribution is 0.0659. The minimum absolute atomic E-state index is 0.0579. The molecular formula is C21H22N4O2. The second-order valence-corrected chi connectivity index (χ2v) is 6.93. The van der Waals surface area contributed by atoms with Crippen molar-refractivity contribution in [3.63, 3.8) is 0 Å². The standard InChI is InChI=1S/C21H22N4O2/c1-15-3-2-8-24-20(15)27-14-16-6-11-25(12-7-16)21(26)17-4-5-18-19(13-17)23-10-9-22-18/h2-5,8-10,13,16H,6-7,11-12,14H2,1H3. The molecule has 0 aliphatic carbocycles. The highest BCUT2D eigenvalue weighted by Gasteiger charge is 2.24. The Morgan fingerprint density at radius 2 is 1.85 bits per heavy atom. The van der Waals surface area contributed by atoms with Crippen LogP contribution >= 0.6 is 0 Å². The van der Waals surface area contributed by atoms with Gasteiger partial charge in [0, 0.05) is 42.8 Å². The highest BCUT2D eigenvalue weighted by molar-refractivity contribution is 5.97. The molecule has 1 aliphatic heterocycles. The Morgan fingerprint density at radius 3 is 2.63 bits per heavy atom. The van der Waals surface area contributed by atoms with Crippen molar-refractivity contribution in [3.8, 4) is 5.88 Å². The molecule has 6 heteroatoms. The molecule has 1 amide bonds. The fourth-order valence-electron chi connectivity index (χ4n) is 3.40. The number of aromatic nitrogens is 3. The van der Waals surface area contributed by atoms with Gasteiger partial charge in [0.05, 0.1) is 17.6 Å². The van der Waals surface area contributed by atoms with Gasteiger partial charge in [-0.25, -0.2) is 4.98 Å². The molecule has 3 heterocycles. The zero-order valence-electron chi connectivity index (χ0n) is 15.3. The van der Waals surface area contributed by atoms with Crippen LogP contribution in [0.3, 0.4) is 0 Å². The minimum Gasteiger partial charge on any atom is -0.477 e. The molecule has 138 valence electrons. The van der Waals surface area contributed by atoms with E-state index in [1.165, 1.54) is 0 Å². The van der Waals surface area contributed by atoms with E-state index in [4.69, 9.17) is 4.74 Å². The number of rotatable bonds is 4. The average molecular weight is 362 g/mol. The Hall–Kier alpha value is -3.02. The van der Waals surface area contributed by atoms with E-state index in [9.17, 15) is 4.79 Å². The molecule has 0 radical (unpaired) electrons. The number of piperidine rings is 1. The molecule has 1 fully saturated rings. The van der Waals surface area contributed by atoms with E-state index in [1.54, 1.807) is 18.6 Å². The molecule has 0 saturated carbocycles. The van der Waals surface area contributed by atoms with E-state index in [-0.39, 0.29) is 5.91 Å². The van der Waals surface area contributed by atoms with Crippen molar-refractivity contribution >= 4 is 16.9 Å². The van der Waals surface area contributed by atoms with Crippen LogP contribution in [0.15, 0.2) is 48.9 Å². The first-order valence-corrected chi connectivity index (χ1v) is 9.25. The second-order valence-electron chi connectivity index (χ2n) is 6.93. The fraction of sp³-hybridized carbons (Fsp3) is 0.333. The number of hydrogen-bond donors (Lipinski definition) is 0. The highest BCUT2D eigenvalue weighted by Crippen LogP contribution is 2.22. The molecule has 1 saturated heterocycles. The van der Waals surface area contributed by atoms with Crippen LogP contribution in [0.4, 0.5) is 0 Å². The highest BCUT2D eigenvalue weighted by atomic mass is 16.5. The Morgan fingerprint density at radius 1 is 1.07 bits per heavy atom. The summed E-state index contributed by atoms with van der Waals surface area (Å²) < 4.78 is 5.88. The smallest absolute Gasteiger partial charge is 0.253 e. The Bertz CT molecular complexity index is 952. The third-order valence-corrected chi connectivity index (χ3v) is 5.04. The molecule has 2 aromatic heterocycles. The van der Waals surface area contributed by atoms with Crippen LogP contribution < -0.4 is 4.74 Å². The Balaban J connectivity index is 1.34. The summed E-state index contributed by atoms with van der Waals surface area (Å²) in [6.45, 7) is 4.13. The number of carbonyl (C=O) groups is 1. The first kappa shape index (κ1) is 17.4. The van der Waals surface area contributed by atoms with Crippen molar-refractivity contribution in [3.05, 3.63) is 60.0 Å². The van der Waals surface area contributed by atoms with Crippen molar-refractivity contribution in [2.24, 2.45) is 5.92 Å². The summed E-state index contributed by atoms with van der Waals surface area (Å²) in [5.74, 6) is 1.20. The normalized spacial score (nSPS) is 15.1. The number of benzene rings is 1. The first-order chi connectivity index (χ1) is 13.2. The zero-order chi connectivity index (χ0) is 18.6. The molecular weight excluding hydrogens is 340 g/mol. The molecule has 0 atom stereocenters. The predicted molar refractivity (Wildman–Crippen MR) is 103 cm³/mol. The molecule has 1 aliphatic rings. The topological polar surface area (TPSA) is 68.2 Å². The number of pyridine rings is 1. The van der Waals surface area contributed by atoms with Crippen LogP contribution in [0.5, 0.6) is 5.88 Å². The van der Waals surface area contributed by atoms with Gasteiger partial charge in [0.15, 0.2) is 0 Å². The number of carbonyl (C=O) groups excluding carboxylic acids is 1. The Labute approximate surface area is 158 Å². The lowest BCUT2D eigenvalue weighted by Crippen LogP contribution is -2.39. The zero-order valence-corrected chi connectivity index (χ0v) is 15.3. The van der Waals surface area contributed by atoms with Gasteiger partial charge < -0.3 is 9.64 Å². The number of hydrogen-bond acceptors (Lipinski definition) is 5. The van der Waals surface area contributed by atoms with Gasteiger partial charge in [-0.2, -0.15) is 0 Å². The number of ether oxygens (including phenoxy) is 1. The maximum absolute atomic E-state index is 12.8. The second kappa shape index (κ2) is 7.70. The molecule has 0 bridgehead atoms. The summed E-state index contributed by atoms with van der Waals surface area (Å²) in [5, 5.41) is 0. The quantitative estimate of drug-likeness (QED) is 0.712. The van der Waals surface area contributed by atoms with Gasteiger partial charge in [-0.05, 0) is 49.9 Å². The fourth-order valence-corrected chi connectivity index (χ4v) is 3.40. The molecule has 27 heavy (non-hydrogen) atoms. The number of amides is 1. The monoisotopic (exact) mass is 362 g/mol.